The summed E-state index contributed by atoms with van der Waals surface area (Å²) in [6, 6.07) is 10.1. The fraction of sp³-hybridized carbons (Fsp3) is 0.400. The highest BCUT2D eigenvalue weighted by atomic mass is 16.7. The zero-order chi connectivity index (χ0) is 18.9. The van der Waals surface area contributed by atoms with E-state index in [1.807, 2.05) is 58.0 Å². The molecule has 0 spiro atoms. The van der Waals surface area contributed by atoms with Crippen molar-refractivity contribution in [1.29, 1.82) is 0 Å². The van der Waals surface area contributed by atoms with Crippen molar-refractivity contribution in [2.75, 3.05) is 6.54 Å². The van der Waals surface area contributed by atoms with Crippen LogP contribution in [0.5, 0.6) is 0 Å². The summed E-state index contributed by atoms with van der Waals surface area (Å²) in [6.45, 7) is 9.89. The van der Waals surface area contributed by atoms with Gasteiger partial charge >= 0.3 is 7.12 Å². The first kappa shape index (κ1) is 18.6. The maximum atomic E-state index is 11.4. The van der Waals surface area contributed by atoms with E-state index in [0.717, 1.165) is 21.9 Å². The maximum Gasteiger partial charge on any atom is 0.492 e. The Kier molecular flexibility index (Phi) is 4.91. The van der Waals surface area contributed by atoms with Gasteiger partial charge in [-0.1, -0.05) is 24.3 Å². The number of nitrogens with one attached hydrogen (secondary N) is 1. The average Bonchev–Trinajstić information content (AvgIpc) is 2.79. The lowest BCUT2D eigenvalue weighted by Crippen LogP contribution is -2.41. The summed E-state index contributed by atoms with van der Waals surface area (Å²) in [7, 11) is -0.535. The molecule has 0 radical (unpaired) electrons. The van der Waals surface area contributed by atoms with Gasteiger partial charge in [0, 0.05) is 25.1 Å². The molecule has 1 aliphatic heterocycles. The van der Waals surface area contributed by atoms with Crippen LogP contribution in [0.25, 0.3) is 16.8 Å². The van der Waals surface area contributed by atoms with Gasteiger partial charge in [0.1, 0.15) is 0 Å². The van der Waals surface area contributed by atoms with Crippen LogP contribution in [0.2, 0.25) is 0 Å². The lowest BCUT2D eigenvalue weighted by atomic mass is 9.77. The van der Waals surface area contributed by atoms with E-state index in [1.54, 1.807) is 6.20 Å². The average molecular weight is 352 g/mol. The van der Waals surface area contributed by atoms with E-state index < -0.39 is 18.3 Å². The Balaban J connectivity index is 2.01. The summed E-state index contributed by atoms with van der Waals surface area (Å²) < 4.78 is 12.3. The molecule has 0 saturated carbocycles. The smallest absolute Gasteiger partial charge is 0.400 e. The minimum absolute atomic E-state index is 0.0988. The fourth-order valence-corrected chi connectivity index (χ4v) is 2.86. The summed E-state index contributed by atoms with van der Waals surface area (Å²) in [4.78, 5) is 16.0. The van der Waals surface area contributed by atoms with Crippen molar-refractivity contribution >= 4 is 29.9 Å². The number of nitrogens with zero attached hydrogens (tertiary/aromatic N) is 1. The molecule has 1 amide bonds. The number of hydrogen-bond donors (Lipinski definition) is 1. The Morgan fingerprint density at radius 2 is 1.81 bits per heavy atom. The van der Waals surface area contributed by atoms with Crippen LogP contribution in [0.3, 0.4) is 0 Å². The molecule has 26 heavy (non-hydrogen) atoms. The van der Waals surface area contributed by atoms with Gasteiger partial charge in [-0.2, -0.15) is 0 Å². The van der Waals surface area contributed by atoms with Crippen molar-refractivity contribution in [2.45, 2.75) is 45.8 Å². The van der Waals surface area contributed by atoms with Crippen LogP contribution in [0.4, 0.5) is 0 Å². The predicted molar refractivity (Wildman–Crippen MR) is 104 cm³/mol. The van der Waals surface area contributed by atoms with Crippen LogP contribution in [-0.2, 0) is 14.1 Å². The number of carbonyl (C=O) groups excluding carboxylic acids is 1. The SMILES string of the molecule is CC(=O)NCC(=Cc1nccc2ccccc12)B1OC(C)(C)C(C)(C)O1. The standard InChI is InChI=1S/C20H25BN2O3/c1-14(24)23-13-16(21-25-19(2,3)20(4,5)26-21)12-18-17-9-7-6-8-15(17)10-11-22-18/h6-12H,13H2,1-5H3,(H,23,24). The molecule has 0 aliphatic carbocycles. The molecular weight excluding hydrogens is 327 g/mol. The van der Waals surface area contributed by atoms with Gasteiger partial charge in [-0.05, 0) is 50.7 Å². The number of amides is 1. The van der Waals surface area contributed by atoms with Crippen LogP contribution >= 0.6 is 0 Å². The summed E-state index contributed by atoms with van der Waals surface area (Å²) in [6.07, 6.45) is 3.74. The van der Waals surface area contributed by atoms with Crippen LogP contribution in [0.1, 0.15) is 40.3 Å². The molecule has 3 rings (SSSR count). The molecule has 2 heterocycles. The first-order valence-corrected chi connectivity index (χ1v) is 8.84. The number of fused-ring (bicyclic) bond motifs is 1. The van der Waals surface area contributed by atoms with E-state index in [-0.39, 0.29) is 5.91 Å². The van der Waals surface area contributed by atoms with E-state index in [1.165, 1.54) is 6.92 Å². The molecule has 5 nitrogen and oxygen atoms in total. The molecule has 136 valence electrons. The second-order valence-corrected chi connectivity index (χ2v) is 7.63. The van der Waals surface area contributed by atoms with E-state index in [4.69, 9.17) is 9.31 Å². The number of aromatic nitrogens is 1. The summed E-state index contributed by atoms with van der Waals surface area (Å²) >= 11 is 0. The van der Waals surface area contributed by atoms with Gasteiger partial charge < -0.3 is 14.6 Å². The van der Waals surface area contributed by atoms with E-state index in [9.17, 15) is 4.79 Å². The zero-order valence-electron chi connectivity index (χ0n) is 16.0. The number of hydrogen-bond acceptors (Lipinski definition) is 4. The highest BCUT2D eigenvalue weighted by Crippen LogP contribution is 2.38. The number of pyridine rings is 1. The topological polar surface area (TPSA) is 60.5 Å². The Labute approximate surface area is 154 Å². The zero-order valence-corrected chi connectivity index (χ0v) is 16.0. The maximum absolute atomic E-state index is 11.4. The molecule has 0 unspecified atom stereocenters. The second-order valence-electron chi connectivity index (χ2n) is 7.63. The third kappa shape index (κ3) is 3.66. The molecule has 1 fully saturated rings. The lowest BCUT2D eigenvalue weighted by molar-refractivity contribution is -0.118. The molecule has 0 bridgehead atoms. The van der Waals surface area contributed by atoms with E-state index in [0.29, 0.717) is 6.54 Å². The Bertz CT molecular complexity index is 840. The number of benzene rings is 1. The van der Waals surface area contributed by atoms with Crippen LogP contribution < -0.4 is 5.32 Å². The van der Waals surface area contributed by atoms with Gasteiger partial charge in [-0.15, -0.1) is 0 Å². The van der Waals surface area contributed by atoms with Crippen LogP contribution in [0.15, 0.2) is 42.0 Å². The fourth-order valence-electron chi connectivity index (χ4n) is 2.86. The minimum atomic E-state index is -0.535. The predicted octanol–water partition coefficient (Wildman–Crippen LogP) is 3.39. The first-order chi connectivity index (χ1) is 12.2. The van der Waals surface area contributed by atoms with Crippen molar-refractivity contribution in [1.82, 2.24) is 10.3 Å². The van der Waals surface area contributed by atoms with Crippen molar-refractivity contribution in [2.24, 2.45) is 0 Å². The van der Waals surface area contributed by atoms with Crippen LogP contribution in [0, 0.1) is 0 Å². The molecule has 0 atom stereocenters. The van der Waals surface area contributed by atoms with Crippen LogP contribution in [-0.4, -0.2) is 35.8 Å². The quantitative estimate of drug-likeness (QED) is 0.857. The minimum Gasteiger partial charge on any atom is -0.400 e. The molecule has 2 aromatic rings. The number of carbonyl (C=O) groups is 1. The largest absolute Gasteiger partial charge is 0.492 e. The van der Waals surface area contributed by atoms with Gasteiger partial charge in [-0.3, -0.25) is 9.78 Å². The molecule has 1 aliphatic rings. The molecule has 1 saturated heterocycles. The molecule has 1 aromatic heterocycles. The second kappa shape index (κ2) is 6.85. The molecule has 1 aromatic carbocycles. The Morgan fingerprint density at radius 3 is 2.46 bits per heavy atom. The van der Waals surface area contributed by atoms with Crippen molar-refractivity contribution < 1.29 is 14.1 Å². The third-order valence-electron chi connectivity index (χ3n) is 5.12. The lowest BCUT2D eigenvalue weighted by Gasteiger charge is -2.32. The number of rotatable bonds is 4. The monoisotopic (exact) mass is 352 g/mol. The Hall–Kier alpha value is -2.18. The van der Waals surface area contributed by atoms with E-state index in [2.05, 4.69) is 16.4 Å². The van der Waals surface area contributed by atoms with Gasteiger partial charge in [-0.25, -0.2) is 0 Å². The van der Waals surface area contributed by atoms with Gasteiger partial charge in [0.05, 0.1) is 16.9 Å². The third-order valence-corrected chi connectivity index (χ3v) is 5.12. The molecule has 1 N–H and O–H groups in total. The van der Waals surface area contributed by atoms with Gasteiger partial charge in [0.15, 0.2) is 0 Å². The van der Waals surface area contributed by atoms with Gasteiger partial charge in [0.2, 0.25) is 5.91 Å². The Morgan fingerprint density at radius 1 is 1.15 bits per heavy atom. The molecule has 6 heteroatoms. The molecular formula is C20H25BN2O3. The highest BCUT2D eigenvalue weighted by molar-refractivity contribution is 6.56. The van der Waals surface area contributed by atoms with Crippen molar-refractivity contribution in [3.05, 3.63) is 47.7 Å². The summed E-state index contributed by atoms with van der Waals surface area (Å²) in [5.41, 5.74) is 0.777. The van der Waals surface area contributed by atoms with Gasteiger partial charge in [0.25, 0.3) is 0 Å². The highest BCUT2D eigenvalue weighted by Gasteiger charge is 2.52. The van der Waals surface area contributed by atoms with Crippen molar-refractivity contribution in [3.63, 3.8) is 0 Å². The normalized spacial score (nSPS) is 19.0. The van der Waals surface area contributed by atoms with Crippen molar-refractivity contribution in [3.8, 4) is 0 Å². The summed E-state index contributed by atoms with van der Waals surface area (Å²) in [5.74, 6) is -0.0988. The first-order valence-electron chi connectivity index (χ1n) is 8.84. The van der Waals surface area contributed by atoms with E-state index >= 15 is 0 Å². The summed E-state index contributed by atoms with van der Waals surface area (Å²) in [5, 5.41) is 5.01.